The molecule has 0 saturated heterocycles. The van der Waals surface area contributed by atoms with Gasteiger partial charge in [0.25, 0.3) is 0 Å². The predicted octanol–water partition coefficient (Wildman–Crippen LogP) is 1.57. The van der Waals surface area contributed by atoms with Gasteiger partial charge >= 0.3 is 5.00 Å². The standard InChI is InChI=1S/C10H15N3O3S/c1-8(14)12(6-5-11(2)3)9-4-7-17-10(9)13(15)16/h4,7H,5-6H2,1-3H3. The Morgan fingerprint density at radius 3 is 2.59 bits per heavy atom. The lowest BCUT2D eigenvalue weighted by Crippen LogP contribution is -2.35. The molecule has 0 radical (unpaired) electrons. The van der Waals surface area contributed by atoms with E-state index in [2.05, 4.69) is 0 Å². The number of carbonyl (C=O) groups excluding carboxylic acids is 1. The van der Waals surface area contributed by atoms with E-state index >= 15 is 0 Å². The number of likely N-dealkylation sites (N-methyl/N-ethyl adjacent to an activating group) is 1. The summed E-state index contributed by atoms with van der Waals surface area (Å²) in [6.45, 7) is 2.52. The zero-order valence-electron chi connectivity index (χ0n) is 10.0. The van der Waals surface area contributed by atoms with Crippen molar-refractivity contribution in [1.82, 2.24) is 4.90 Å². The molecule has 0 unspecified atom stereocenters. The van der Waals surface area contributed by atoms with Gasteiger partial charge in [-0.3, -0.25) is 14.9 Å². The third kappa shape index (κ3) is 3.50. The summed E-state index contributed by atoms with van der Waals surface area (Å²) in [6.07, 6.45) is 0. The van der Waals surface area contributed by atoms with Crippen molar-refractivity contribution in [2.24, 2.45) is 0 Å². The zero-order chi connectivity index (χ0) is 13.0. The fourth-order valence-electron chi connectivity index (χ4n) is 1.38. The van der Waals surface area contributed by atoms with Crippen LogP contribution in [-0.2, 0) is 4.79 Å². The van der Waals surface area contributed by atoms with Crippen molar-refractivity contribution in [3.8, 4) is 0 Å². The van der Waals surface area contributed by atoms with Gasteiger partial charge in [0.2, 0.25) is 5.91 Å². The van der Waals surface area contributed by atoms with Crippen LogP contribution in [0.1, 0.15) is 6.92 Å². The van der Waals surface area contributed by atoms with Crippen molar-refractivity contribution in [1.29, 1.82) is 0 Å². The topological polar surface area (TPSA) is 66.7 Å². The molecule has 6 nitrogen and oxygen atoms in total. The number of nitrogens with zero attached hydrogens (tertiary/aromatic N) is 3. The van der Waals surface area contributed by atoms with Gasteiger partial charge < -0.3 is 9.80 Å². The van der Waals surface area contributed by atoms with E-state index in [0.717, 1.165) is 11.3 Å². The second kappa shape index (κ2) is 5.74. The van der Waals surface area contributed by atoms with Crippen molar-refractivity contribution in [3.63, 3.8) is 0 Å². The van der Waals surface area contributed by atoms with Gasteiger partial charge in [-0.25, -0.2) is 0 Å². The summed E-state index contributed by atoms with van der Waals surface area (Å²) in [7, 11) is 3.78. The Hall–Kier alpha value is -1.47. The zero-order valence-corrected chi connectivity index (χ0v) is 10.9. The van der Waals surface area contributed by atoms with Gasteiger partial charge in [0.15, 0.2) is 0 Å². The second-order valence-electron chi connectivity index (χ2n) is 3.84. The van der Waals surface area contributed by atoms with Crippen LogP contribution in [0.2, 0.25) is 0 Å². The molecular weight excluding hydrogens is 242 g/mol. The van der Waals surface area contributed by atoms with Crippen molar-refractivity contribution in [3.05, 3.63) is 21.6 Å². The molecule has 0 aliphatic heterocycles. The van der Waals surface area contributed by atoms with Crippen molar-refractivity contribution >= 4 is 27.9 Å². The molecule has 94 valence electrons. The maximum absolute atomic E-state index is 11.5. The number of anilines is 1. The molecule has 1 rings (SSSR count). The molecular formula is C10H15N3O3S. The Kier molecular flexibility index (Phi) is 4.59. The lowest BCUT2D eigenvalue weighted by atomic mass is 10.3. The minimum Gasteiger partial charge on any atom is -0.308 e. The van der Waals surface area contributed by atoms with E-state index in [0.29, 0.717) is 18.8 Å². The highest BCUT2D eigenvalue weighted by molar-refractivity contribution is 7.14. The Labute approximate surface area is 104 Å². The second-order valence-corrected chi connectivity index (χ2v) is 4.74. The van der Waals surface area contributed by atoms with Crippen molar-refractivity contribution < 1.29 is 9.72 Å². The molecule has 0 fully saturated rings. The number of carbonyl (C=O) groups is 1. The maximum atomic E-state index is 11.5. The summed E-state index contributed by atoms with van der Waals surface area (Å²) >= 11 is 1.03. The average Bonchev–Trinajstić information content (AvgIpc) is 2.65. The van der Waals surface area contributed by atoms with Crippen molar-refractivity contribution in [2.45, 2.75) is 6.92 Å². The summed E-state index contributed by atoms with van der Waals surface area (Å²) in [4.78, 5) is 25.2. The van der Waals surface area contributed by atoms with Crippen LogP contribution in [0.3, 0.4) is 0 Å². The number of thiophene rings is 1. The van der Waals surface area contributed by atoms with Gasteiger partial charge in [-0.1, -0.05) is 11.3 Å². The molecule has 0 aliphatic rings. The Bertz CT molecular complexity index is 417. The Morgan fingerprint density at radius 2 is 2.12 bits per heavy atom. The van der Waals surface area contributed by atoms with Crippen LogP contribution in [0.4, 0.5) is 10.7 Å². The van der Waals surface area contributed by atoms with Crippen LogP contribution in [0, 0.1) is 10.1 Å². The van der Waals surface area contributed by atoms with Gasteiger partial charge in [-0.2, -0.15) is 0 Å². The fourth-order valence-corrected chi connectivity index (χ4v) is 2.09. The number of hydrogen-bond acceptors (Lipinski definition) is 5. The highest BCUT2D eigenvalue weighted by atomic mass is 32.1. The smallest absolute Gasteiger partial charge is 0.308 e. The lowest BCUT2D eigenvalue weighted by Gasteiger charge is -2.21. The van der Waals surface area contributed by atoms with E-state index in [-0.39, 0.29) is 10.9 Å². The van der Waals surface area contributed by atoms with E-state index in [1.807, 2.05) is 19.0 Å². The van der Waals surface area contributed by atoms with Crippen molar-refractivity contribution in [2.75, 3.05) is 32.1 Å². The largest absolute Gasteiger partial charge is 0.347 e. The molecule has 0 bridgehead atoms. The van der Waals surface area contributed by atoms with Gasteiger partial charge in [-0.05, 0) is 25.5 Å². The predicted molar refractivity (Wildman–Crippen MR) is 67.6 cm³/mol. The molecule has 0 N–H and O–H groups in total. The molecule has 0 aliphatic carbocycles. The lowest BCUT2D eigenvalue weighted by molar-refractivity contribution is -0.379. The van der Waals surface area contributed by atoms with Crippen LogP contribution >= 0.6 is 11.3 Å². The summed E-state index contributed by atoms with van der Waals surface area (Å²) in [5.41, 5.74) is 0.384. The summed E-state index contributed by atoms with van der Waals surface area (Å²) in [5, 5.41) is 12.5. The number of nitro groups is 1. The van der Waals surface area contributed by atoms with Crippen LogP contribution in [-0.4, -0.2) is 42.9 Å². The fraction of sp³-hybridized carbons (Fsp3) is 0.500. The van der Waals surface area contributed by atoms with Crippen LogP contribution < -0.4 is 4.90 Å². The van der Waals surface area contributed by atoms with E-state index in [1.54, 1.807) is 11.4 Å². The molecule has 1 amide bonds. The minimum absolute atomic E-state index is 0.0129. The molecule has 17 heavy (non-hydrogen) atoms. The van der Waals surface area contributed by atoms with Crippen LogP contribution in [0.15, 0.2) is 11.4 Å². The Balaban J connectivity index is 2.93. The SMILES string of the molecule is CC(=O)N(CCN(C)C)c1ccsc1[N+](=O)[O-]. The number of hydrogen-bond donors (Lipinski definition) is 0. The van der Waals surface area contributed by atoms with Gasteiger partial charge in [0.1, 0.15) is 5.69 Å². The molecule has 1 aromatic rings. The Morgan fingerprint density at radius 1 is 1.47 bits per heavy atom. The molecule has 0 atom stereocenters. The quantitative estimate of drug-likeness (QED) is 0.593. The monoisotopic (exact) mass is 257 g/mol. The summed E-state index contributed by atoms with van der Waals surface area (Å²) in [5.74, 6) is -0.187. The normalized spacial score (nSPS) is 10.6. The molecule has 1 aromatic heterocycles. The first-order valence-corrected chi connectivity index (χ1v) is 5.96. The maximum Gasteiger partial charge on any atom is 0.347 e. The average molecular weight is 257 g/mol. The summed E-state index contributed by atoms with van der Waals surface area (Å²) < 4.78 is 0. The third-order valence-electron chi connectivity index (χ3n) is 2.23. The molecule has 0 aromatic carbocycles. The minimum atomic E-state index is -0.453. The first-order valence-electron chi connectivity index (χ1n) is 5.08. The van der Waals surface area contributed by atoms with Crippen LogP contribution in [0.5, 0.6) is 0 Å². The van der Waals surface area contributed by atoms with Gasteiger partial charge in [-0.15, -0.1) is 0 Å². The summed E-state index contributed by atoms with van der Waals surface area (Å²) in [6, 6.07) is 1.61. The highest BCUT2D eigenvalue weighted by Crippen LogP contribution is 2.33. The third-order valence-corrected chi connectivity index (χ3v) is 3.09. The van der Waals surface area contributed by atoms with Crippen LogP contribution in [0.25, 0.3) is 0 Å². The first kappa shape index (κ1) is 13.6. The van der Waals surface area contributed by atoms with E-state index in [4.69, 9.17) is 0 Å². The van der Waals surface area contributed by atoms with E-state index < -0.39 is 4.92 Å². The molecule has 7 heteroatoms. The van der Waals surface area contributed by atoms with E-state index in [9.17, 15) is 14.9 Å². The highest BCUT2D eigenvalue weighted by Gasteiger charge is 2.23. The number of amides is 1. The van der Waals surface area contributed by atoms with Gasteiger partial charge in [0.05, 0.1) is 4.92 Å². The molecule has 0 spiro atoms. The molecule has 0 saturated carbocycles. The van der Waals surface area contributed by atoms with E-state index in [1.165, 1.54) is 11.8 Å². The molecule has 1 heterocycles. The van der Waals surface area contributed by atoms with Gasteiger partial charge in [0, 0.05) is 20.0 Å². The number of rotatable bonds is 5. The first-order chi connectivity index (χ1) is 7.93.